The summed E-state index contributed by atoms with van der Waals surface area (Å²) in [6.07, 6.45) is 3.03. The third kappa shape index (κ3) is 11.3. The molecule has 3 aromatic carbocycles. The van der Waals surface area contributed by atoms with E-state index in [9.17, 15) is 20.6 Å². The van der Waals surface area contributed by atoms with Crippen molar-refractivity contribution >= 4 is 23.2 Å². The molecule has 11 nitrogen and oxygen atoms in total. The molecule has 272 valence electrons. The SMILES string of the molecule is Cc1c(OCCCNCC(O)CO)cccc1-c1cccc(COc2cc(OCc3cncc(C#N)c3)c(CNC(C)(CO)CO)cc2Cl)c1Cl. The van der Waals surface area contributed by atoms with Crippen molar-refractivity contribution in [2.24, 2.45) is 0 Å². The van der Waals surface area contributed by atoms with Gasteiger partial charge in [-0.05, 0) is 56.1 Å². The first kappa shape index (κ1) is 39.8. The highest BCUT2D eigenvalue weighted by molar-refractivity contribution is 6.34. The number of benzene rings is 3. The largest absolute Gasteiger partial charge is 0.493 e. The number of hydrogen-bond acceptors (Lipinski definition) is 11. The second kappa shape index (κ2) is 19.6. The molecule has 4 aromatic rings. The van der Waals surface area contributed by atoms with E-state index >= 15 is 0 Å². The molecule has 1 atom stereocenters. The van der Waals surface area contributed by atoms with Crippen molar-refractivity contribution in [1.82, 2.24) is 15.6 Å². The number of nitrogens with one attached hydrogen (secondary N) is 2. The molecule has 0 radical (unpaired) electrons. The first-order chi connectivity index (χ1) is 24.6. The molecule has 13 heteroatoms. The fourth-order valence-electron chi connectivity index (χ4n) is 5.05. The van der Waals surface area contributed by atoms with E-state index in [-0.39, 0.29) is 39.6 Å². The number of halogens is 2. The van der Waals surface area contributed by atoms with Crippen LogP contribution >= 0.6 is 23.2 Å². The number of rotatable bonds is 20. The van der Waals surface area contributed by atoms with Gasteiger partial charge >= 0.3 is 0 Å². The fourth-order valence-corrected chi connectivity index (χ4v) is 5.57. The minimum Gasteiger partial charge on any atom is -0.493 e. The standard InChI is InChI=1S/C38H44Cl2N4O7/c1-25-31(7-4-9-34(25)49-11-5-10-42-19-30(48)20-45)32-8-3-6-28(37(32)40)22-51-36-14-35(50-21-27-12-26(15-41)16-43-17-27)29(13-33(36)39)18-44-38(2,23-46)24-47/h3-4,6-9,12-14,16-17,30,42,44-48H,5,10-11,18-24H2,1-2H3. The summed E-state index contributed by atoms with van der Waals surface area (Å²) in [4.78, 5) is 4.10. The molecule has 6 N–H and O–H groups in total. The summed E-state index contributed by atoms with van der Waals surface area (Å²) in [5, 5.41) is 54.3. The van der Waals surface area contributed by atoms with E-state index in [2.05, 4.69) is 21.7 Å². The van der Waals surface area contributed by atoms with Crippen molar-refractivity contribution in [3.8, 4) is 34.4 Å². The van der Waals surface area contributed by atoms with Crippen molar-refractivity contribution in [3.63, 3.8) is 0 Å². The zero-order valence-corrected chi connectivity index (χ0v) is 30.2. The summed E-state index contributed by atoms with van der Waals surface area (Å²) < 4.78 is 18.4. The Morgan fingerprint density at radius 3 is 2.39 bits per heavy atom. The van der Waals surface area contributed by atoms with Crippen LogP contribution < -0.4 is 24.8 Å². The molecule has 0 fully saturated rings. The molecule has 0 saturated heterocycles. The van der Waals surface area contributed by atoms with Gasteiger partial charge in [-0.25, -0.2) is 0 Å². The third-order valence-corrected chi connectivity index (χ3v) is 8.96. The minimum atomic E-state index is -0.931. The molecule has 1 heterocycles. The summed E-state index contributed by atoms with van der Waals surface area (Å²) in [7, 11) is 0. The number of aliphatic hydroxyl groups is 4. The zero-order valence-electron chi connectivity index (χ0n) is 28.7. The van der Waals surface area contributed by atoms with Gasteiger partial charge in [0.2, 0.25) is 0 Å². The van der Waals surface area contributed by atoms with Crippen molar-refractivity contribution in [2.45, 2.75) is 51.7 Å². The van der Waals surface area contributed by atoms with Gasteiger partial charge in [0.15, 0.2) is 0 Å². The Bertz CT molecular complexity index is 1780. The minimum absolute atomic E-state index is 0.109. The van der Waals surface area contributed by atoms with Crippen LogP contribution in [0.25, 0.3) is 11.1 Å². The molecule has 0 saturated carbocycles. The van der Waals surface area contributed by atoms with Gasteiger partial charge < -0.3 is 45.3 Å². The van der Waals surface area contributed by atoms with Crippen LogP contribution in [0.5, 0.6) is 17.2 Å². The molecule has 0 aliphatic rings. The fraction of sp³-hybridized carbons (Fsp3) is 0.368. The van der Waals surface area contributed by atoms with Gasteiger partial charge in [-0.15, -0.1) is 0 Å². The van der Waals surface area contributed by atoms with E-state index in [1.807, 2.05) is 43.3 Å². The van der Waals surface area contributed by atoms with E-state index in [4.69, 9.17) is 42.5 Å². The third-order valence-electron chi connectivity index (χ3n) is 8.22. The second-order valence-electron chi connectivity index (χ2n) is 12.3. The van der Waals surface area contributed by atoms with Crippen LogP contribution in [0.3, 0.4) is 0 Å². The van der Waals surface area contributed by atoms with E-state index in [1.165, 1.54) is 6.20 Å². The summed E-state index contributed by atoms with van der Waals surface area (Å²) in [5.41, 5.74) is 4.25. The monoisotopic (exact) mass is 738 g/mol. The number of ether oxygens (including phenoxy) is 3. The van der Waals surface area contributed by atoms with E-state index in [0.29, 0.717) is 57.9 Å². The van der Waals surface area contributed by atoms with E-state index in [0.717, 1.165) is 34.4 Å². The maximum atomic E-state index is 9.77. The number of nitriles is 1. The van der Waals surface area contributed by atoms with Crippen LogP contribution in [0.2, 0.25) is 10.0 Å². The molecule has 0 aliphatic carbocycles. The van der Waals surface area contributed by atoms with Crippen molar-refractivity contribution < 1.29 is 34.6 Å². The van der Waals surface area contributed by atoms with Gasteiger partial charge in [-0.2, -0.15) is 5.26 Å². The van der Waals surface area contributed by atoms with Crippen LogP contribution in [-0.4, -0.2) is 76.6 Å². The second-order valence-corrected chi connectivity index (χ2v) is 13.1. The quantitative estimate of drug-likeness (QED) is 0.0680. The van der Waals surface area contributed by atoms with E-state index < -0.39 is 11.6 Å². The van der Waals surface area contributed by atoms with Gasteiger partial charge in [0, 0.05) is 53.8 Å². The van der Waals surface area contributed by atoms with Crippen LogP contribution in [0.4, 0.5) is 0 Å². The number of hydrogen-bond donors (Lipinski definition) is 6. The highest BCUT2D eigenvalue weighted by Gasteiger charge is 2.23. The molecule has 0 spiro atoms. The lowest BCUT2D eigenvalue weighted by Crippen LogP contribution is -2.48. The molecule has 1 unspecified atom stereocenters. The Kier molecular flexibility index (Phi) is 15.3. The van der Waals surface area contributed by atoms with Gasteiger partial charge in [0.1, 0.15) is 36.5 Å². The van der Waals surface area contributed by atoms with Crippen LogP contribution in [-0.2, 0) is 19.8 Å². The highest BCUT2D eigenvalue weighted by atomic mass is 35.5. The van der Waals surface area contributed by atoms with Crippen molar-refractivity contribution in [2.75, 3.05) is 39.5 Å². The summed E-state index contributed by atoms with van der Waals surface area (Å²) >= 11 is 13.7. The smallest absolute Gasteiger partial charge is 0.142 e. The zero-order chi connectivity index (χ0) is 36.8. The number of aromatic nitrogens is 1. The molecular formula is C38H44Cl2N4O7. The lowest BCUT2D eigenvalue weighted by Gasteiger charge is -2.27. The average Bonchev–Trinajstić information content (AvgIpc) is 3.15. The molecule has 51 heavy (non-hydrogen) atoms. The summed E-state index contributed by atoms with van der Waals surface area (Å²) in [6.45, 7) is 4.72. The Hall–Kier alpha value is -3.96. The van der Waals surface area contributed by atoms with Gasteiger partial charge in [-0.3, -0.25) is 4.98 Å². The maximum Gasteiger partial charge on any atom is 0.142 e. The van der Waals surface area contributed by atoms with Gasteiger partial charge in [0.25, 0.3) is 0 Å². The van der Waals surface area contributed by atoms with Crippen molar-refractivity contribution in [1.29, 1.82) is 5.26 Å². The van der Waals surface area contributed by atoms with Crippen LogP contribution in [0.15, 0.2) is 67.0 Å². The molecular weight excluding hydrogens is 695 g/mol. The lowest BCUT2D eigenvalue weighted by atomic mass is 9.98. The molecule has 4 rings (SSSR count). The number of nitrogens with zero attached hydrogens (tertiary/aromatic N) is 2. The first-order valence-electron chi connectivity index (χ1n) is 16.5. The Morgan fingerprint density at radius 2 is 1.65 bits per heavy atom. The van der Waals surface area contributed by atoms with Crippen molar-refractivity contribution in [3.05, 3.63) is 105 Å². The predicted molar refractivity (Wildman–Crippen MR) is 196 cm³/mol. The Morgan fingerprint density at radius 1 is 0.902 bits per heavy atom. The Balaban J connectivity index is 1.50. The topological polar surface area (TPSA) is 169 Å². The van der Waals surface area contributed by atoms with E-state index in [1.54, 1.807) is 31.3 Å². The Labute approximate surface area is 308 Å². The van der Waals surface area contributed by atoms with Crippen LogP contribution in [0.1, 0.15) is 41.2 Å². The molecule has 0 amide bonds. The summed E-state index contributed by atoms with van der Waals surface area (Å²) in [6, 6.07) is 18.7. The average molecular weight is 740 g/mol. The maximum absolute atomic E-state index is 9.77. The lowest BCUT2D eigenvalue weighted by molar-refractivity contribution is 0.0942. The highest BCUT2D eigenvalue weighted by Crippen LogP contribution is 2.38. The van der Waals surface area contributed by atoms with Gasteiger partial charge in [-0.1, -0.05) is 53.5 Å². The normalized spacial score (nSPS) is 12.0. The molecule has 1 aromatic heterocycles. The molecule has 0 bridgehead atoms. The molecule has 0 aliphatic heterocycles. The number of pyridine rings is 1. The number of aliphatic hydroxyl groups excluding tert-OH is 4. The van der Waals surface area contributed by atoms with Gasteiger partial charge in [0.05, 0.1) is 53.7 Å². The predicted octanol–water partition coefficient (Wildman–Crippen LogP) is 4.94. The first-order valence-corrected chi connectivity index (χ1v) is 17.3. The van der Waals surface area contributed by atoms with Crippen LogP contribution in [0, 0.1) is 18.3 Å². The summed E-state index contributed by atoms with van der Waals surface area (Å²) in [5.74, 6) is 1.55.